The van der Waals surface area contributed by atoms with Gasteiger partial charge >= 0.3 is 6.09 Å². The van der Waals surface area contributed by atoms with Crippen molar-refractivity contribution in [2.24, 2.45) is 11.1 Å². The first-order valence-corrected chi connectivity index (χ1v) is 6.73. The number of carbonyl (C=O) groups excluding carboxylic acids is 1. The van der Waals surface area contributed by atoms with E-state index in [0.717, 1.165) is 19.5 Å². The molecule has 19 heavy (non-hydrogen) atoms. The molecule has 1 aliphatic heterocycles. The van der Waals surface area contributed by atoms with E-state index in [2.05, 4.69) is 43.0 Å². The van der Waals surface area contributed by atoms with Crippen molar-refractivity contribution in [3.63, 3.8) is 0 Å². The Morgan fingerprint density at radius 1 is 1.37 bits per heavy atom. The van der Waals surface area contributed by atoms with Crippen LogP contribution >= 0.6 is 0 Å². The van der Waals surface area contributed by atoms with Gasteiger partial charge < -0.3 is 10.5 Å². The van der Waals surface area contributed by atoms with Gasteiger partial charge in [0.05, 0.1) is 0 Å². The van der Waals surface area contributed by atoms with Crippen molar-refractivity contribution in [2.75, 3.05) is 13.1 Å². The minimum atomic E-state index is -0.655. The predicted molar refractivity (Wildman–Crippen MR) is 72.6 cm³/mol. The Hall–Kier alpha value is -1.55. The fourth-order valence-corrected chi connectivity index (χ4v) is 3.47. The van der Waals surface area contributed by atoms with Gasteiger partial charge in [-0.3, -0.25) is 4.90 Å². The first-order valence-electron chi connectivity index (χ1n) is 6.73. The van der Waals surface area contributed by atoms with E-state index in [1.165, 1.54) is 5.56 Å². The van der Waals surface area contributed by atoms with E-state index in [-0.39, 0.29) is 11.0 Å². The van der Waals surface area contributed by atoms with Gasteiger partial charge in [0.25, 0.3) is 0 Å². The summed E-state index contributed by atoms with van der Waals surface area (Å²) in [5.41, 5.74) is 6.22. The molecule has 0 bridgehead atoms. The zero-order valence-corrected chi connectivity index (χ0v) is 11.4. The smallest absolute Gasteiger partial charge is 0.405 e. The van der Waals surface area contributed by atoms with Crippen LogP contribution in [0.5, 0.6) is 0 Å². The molecule has 2 N–H and O–H groups in total. The molecule has 2 unspecified atom stereocenters. The highest BCUT2D eigenvalue weighted by molar-refractivity contribution is 5.66. The predicted octanol–water partition coefficient (Wildman–Crippen LogP) is 2.31. The van der Waals surface area contributed by atoms with Crippen molar-refractivity contribution in [3.05, 3.63) is 35.9 Å². The lowest BCUT2D eigenvalue weighted by atomic mass is 10.1. The number of nitrogens with zero attached hydrogens (tertiary/aromatic N) is 1. The molecular weight excluding hydrogens is 240 g/mol. The standard InChI is InChI=1S/C15H20N2O2/c1-11(12-6-4-3-5-7-12)17-9-14(2)8-15(14,10-17)19-13(16)18/h3-7,11H,8-10H2,1-2H3,(H2,16,18)/t11-,14?,15?/m1/s1. The van der Waals surface area contributed by atoms with Gasteiger partial charge in [0.1, 0.15) is 5.60 Å². The maximum absolute atomic E-state index is 11.1. The third-order valence-electron chi connectivity index (χ3n) is 4.79. The largest absolute Gasteiger partial charge is 0.441 e. The van der Waals surface area contributed by atoms with Gasteiger partial charge in [-0.1, -0.05) is 37.3 Å². The highest BCUT2D eigenvalue weighted by Gasteiger charge is 2.72. The summed E-state index contributed by atoms with van der Waals surface area (Å²) in [6.07, 6.45) is 0.277. The number of nitrogens with two attached hydrogens (primary N) is 1. The molecule has 1 aromatic rings. The molecule has 3 rings (SSSR count). The Morgan fingerprint density at radius 2 is 2.05 bits per heavy atom. The van der Waals surface area contributed by atoms with E-state index in [1.807, 2.05) is 6.07 Å². The summed E-state index contributed by atoms with van der Waals surface area (Å²) < 4.78 is 5.39. The Morgan fingerprint density at radius 3 is 2.68 bits per heavy atom. The van der Waals surface area contributed by atoms with Crippen molar-refractivity contribution in [2.45, 2.75) is 31.9 Å². The Balaban J connectivity index is 1.75. The van der Waals surface area contributed by atoms with Crippen molar-refractivity contribution >= 4 is 6.09 Å². The van der Waals surface area contributed by atoms with Gasteiger partial charge in [-0.15, -0.1) is 0 Å². The Bertz CT molecular complexity index is 504. The fourth-order valence-electron chi connectivity index (χ4n) is 3.47. The van der Waals surface area contributed by atoms with E-state index >= 15 is 0 Å². The average Bonchev–Trinajstić information content (AvgIpc) is 2.80. The van der Waals surface area contributed by atoms with Gasteiger partial charge in [-0.2, -0.15) is 0 Å². The lowest BCUT2D eigenvalue weighted by molar-refractivity contribution is 0.0698. The number of likely N-dealkylation sites (tertiary alicyclic amines) is 1. The van der Waals surface area contributed by atoms with Crippen LogP contribution in [0, 0.1) is 5.41 Å². The number of primary amides is 1. The zero-order chi connectivity index (χ0) is 13.7. The van der Waals surface area contributed by atoms with E-state index in [0.29, 0.717) is 6.04 Å². The average molecular weight is 260 g/mol. The van der Waals surface area contributed by atoms with Gasteiger partial charge in [0, 0.05) is 24.5 Å². The van der Waals surface area contributed by atoms with Crippen LogP contribution in [0.15, 0.2) is 30.3 Å². The fraction of sp³-hybridized carbons (Fsp3) is 0.533. The van der Waals surface area contributed by atoms with Gasteiger partial charge in [-0.25, -0.2) is 4.79 Å². The summed E-state index contributed by atoms with van der Waals surface area (Å²) in [4.78, 5) is 13.4. The van der Waals surface area contributed by atoms with Gasteiger partial charge in [0.2, 0.25) is 0 Å². The first kappa shape index (κ1) is 12.5. The Kier molecular flexibility index (Phi) is 2.61. The SMILES string of the molecule is C[C@H](c1ccccc1)N1CC2(C)CC2(OC(N)=O)C1. The number of piperidine rings is 1. The van der Waals surface area contributed by atoms with E-state index in [1.54, 1.807) is 0 Å². The molecule has 0 aromatic heterocycles. The second-order valence-electron chi connectivity index (χ2n) is 6.14. The minimum Gasteiger partial charge on any atom is -0.441 e. The van der Waals surface area contributed by atoms with Crippen molar-refractivity contribution in [1.29, 1.82) is 0 Å². The Labute approximate surface area is 113 Å². The minimum absolute atomic E-state index is 0.0745. The summed E-state index contributed by atoms with van der Waals surface area (Å²) in [5, 5.41) is 0. The summed E-state index contributed by atoms with van der Waals surface area (Å²) >= 11 is 0. The zero-order valence-electron chi connectivity index (χ0n) is 11.4. The number of ether oxygens (including phenoxy) is 1. The van der Waals surface area contributed by atoms with Crippen LogP contribution < -0.4 is 5.73 Å². The third kappa shape index (κ3) is 1.91. The van der Waals surface area contributed by atoms with Crippen LogP contribution in [-0.2, 0) is 4.74 Å². The second-order valence-corrected chi connectivity index (χ2v) is 6.14. The highest BCUT2D eigenvalue weighted by Crippen LogP contribution is 2.64. The number of hydrogen-bond donors (Lipinski definition) is 1. The molecule has 1 aromatic carbocycles. The lowest BCUT2D eigenvalue weighted by Gasteiger charge is -2.27. The number of carbonyl (C=O) groups is 1. The van der Waals surface area contributed by atoms with Crippen LogP contribution in [0.3, 0.4) is 0 Å². The van der Waals surface area contributed by atoms with E-state index in [4.69, 9.17) is 10.5 Å². The quantitative estimate of drug-likeness (QED) is 0.907. The second kappa shape index (κ2) is 3.97. The molecule has 2 fully saturated rings. The van der Waals surface area contributed by atoms with Crippen LogP contribution in [0.4, 0.5) is 4.79 Å². The molecule has 4 heteroatoms. The normalized spacial score (nSPS) is 34.6. The number of amides is 1. The number of fused-ring (bicyclic) bond motifs is 1. The summed E-state index contributed by atoms with van der Waals surface area (Å²) in [7, 11) is 0. The summed E-state index contributed by atoms with van der Waals surface area (Å²) in [5.74, 6) is 0. The topological polar surface area (TPSA) is 55.6 Å². The maximum atomic E-state index is 11.1. The molecule has 0 spiro atoms. The number of hydrogen-bond acceptors (Lipinski definition) is 3. The molecule has 3 atom stereocenters. The van der Waals surface area contributed by atoms with E-state index < -0.39 is 6.09 Å². The molecule has 1 heterocycles. The molecule has 1 saturated carbocycles. The van der Waals surface area contributed by atoms with Gasteiger partial charge in [-0.05, 0) is 18.9 Å². The molecule has 2 aliphatic rings. The van der Waals surface area contributed by atoms with Crippen molar-refractivity contribution < 1.29 is 9.53 Å². The molecule has 0 radical (unpaired) electrons. The third-order valence-corrected chi connectivity index (χ3v) is 4.79. The summed E-state index contributed by atoms with van der Waals surface area (Å²) in [6.45, 7) is 6.11. The van der Waals surface area contributed by atoms with E-state index in [9.17, 15) is 4.79 Å². The molecule has 1 saturated heterocycles. The highest BCUT2D eigenvalue weighted by atomic mass is 16.6. The van der Waals surface area contributed by atoms with Crippen LogP contribution in [0.1, 0.15) is 31.9 Å². The molecule has 4 nitrogen and oxygen atoms in total. The molecule has 102 valence electrons. The van der Waals surface area contributed by atoms with Crippen LogP contribution in [0.2, 0.25) is 0 Å². The lowest BCUT2D eigenvalue weighted by Crippen LogP contribution is -2.34. The number of benzene rings is 1. The monoisotopic (exact) mass is 260 g/mol. The molecular formula is C15H20N2O2. The van der Waals surface area contributed by atoms with Gasteiger partial charge in [0.15, 0.2) is 0 Å². The summed E-state index contributed by atoms with van der Waals surface area (Å²) in [6, 6.07) is 10.7. The molecule has 1 aliphatic carbocycles. The number of rotatable bonds is 3. The molecule has 1 amide bonds. The van der Waals surface area contributed by atoms with Crippen LogP contribution in [-0.4, -0.2) is 29.7 Å². The first-order chi connectivity index (χ1) is 8.96. The van der Waals surface area contributed by atoms with Crippen molar-refractivity contribution in [1.82, 2.24) is 4.90 Å². The van der Waals surface area contributed by atoms with Crippen LogP contribution in [0.25, 0.3) is 0 Å². The van der Waals surface area contributed by atoms with Crippen molar-refractivity contribution in [3.8, 4) is 0 Å². The maximum Gasteiger partial charge on any atom is 0.405 e.